The summed E-state index contributed by atoms with van der Waals surface area (Å²) in [5.74, 6) is 0.194. The maximum atomic E-state index is 12.0. The number of hydrogen-bond donors (Lipinski definition) is 1. The summed E-state index contributed by atoms with van der Waals surface area (Å²) in [6, 6.07) is 8.44. The second-order valence-electron chi connectivity index (χ2n) is 4.86. The molecule has 1 rings (SSSR count). The van der Waals surface area contributed by atoms with Crippen molar-refractivity contribution in [2.45, 2.75) is 39.2 Å². The highest BCUT2D eigenvalue weighted by Crippen LogP contribution is 2.11. The zero-order chi connectivity index (χ0) is 13.5. The van der Waals surface area contributed by atoms with Gasteiger partial charge < -0.3 is 10.6 Å². The number of rotatable bonds is 6. The van der Waals surface area contributed by atoms with Gasteiger partial charge >= 0.3 is 0 Å². The molecular weight excluding hydrogens is 224 g/mol. The summed E-state index contributed by atoms with van der Waals surface area (Å²) in [6.07, 6.45) is 2.23. The van der Waals surface area contributed by atoms with E-state index in [9.17, 15) is 4.79 Å². The van der Waals surface area contributed by atoms with Crippen LogP contribution in [-0.4, -0.2) is 30.4 Å². The Hall–Kier alpha value is -1.35. The van der Waals surface area contributed by atoms with Crippen LogP contribution in [0.3, 0.4) is 0 Å². The standard InChI is InChI=1S/C15H24N2O/c1-12-6-4-5-7-14(12)8-9-15(18)17(3)13(2)10-11-16/h4-7,13H,8-11,16H2,1-3H3. The SMILES string of the molecule is Cc1ccccc1CCC(=O)N(C)C(C)CCN. The minimum atomic E-state index is 0.194. The normalized spacial score (nSPS) is 12.2. The predicted octanol–water partition coefficient (Wildman–Crippen LogP) is 2.12. The van der Waals surface area contributed by atoms with E-state index in [0.29, 0.717) is 13.0 Å². The van der Waals surface area contributed by atoms with Gasteiger partial charge in [0, 0.05) is 19.5 Å². The molecule has 0 radical (unpaired) electrons. The molecule has 3 nitrogen and oxygen atoms in total. The lowest BCUT2D eigenvalue weighted by molar-refractivity contribution is -0.131. The summed E-state index contributed by atoms with van der Waals surface area (Å²) in [6.45, 7) is 4.75. The van der Waals surface area contributed by atoms with Crippen LogP contribution in [0.15, 0.2) is 24.3 Å². The second-order valence-corrected chi connectivity index (χ2v) is 4.86. The molecular formula is C15H24N2O. The van der Waals surface area contributed by atoms with Gasteiger partial charge in [-0.3, -0.25) is 4.79 Å². The van der Waals surface area contributed by atoms with Gasteiger partial charge in [0.05, 0.1) is 0 Å². The third-order valence-electron chi connectivity index (χ3n) is 3.51. The van der Waals surface area contributed by atoms with E-state index in [-0.39, 0.29) is 11.9 Å². The zero-order valence-corrected chi connectivity index (χ0v) is 11.6. The minimum absolute atomic E-state index is 0.194. The maximum absolute atomic E-state index is 12.0. The molecule has 0 fully saturated rings. The number of carbonyl (C=O) groups excluding carboxylic acids is 1. The lowest BCUT2D eigenvalue weighted by atomic mass is 10.0. The number of benzene rings is 1. The van der Waals surface area contributed by atoms with Gasteiger partial charge in [-0.05, 0) is 44.4 Å². The lowest BCUT2D eigenvalue weighted by Gasteiger charge is -2.24. The highest BCUT2D eigenvalue weighted by molar-refractivity contribution is 5.76. The van der Waals surface area contributed by atoms with Crippen molar-refractivity contribution >= 4 is 5.91 Å². The smallest absolute Gasteiger partial charge is 0.222 e. The monoisotopic (exact) mass is 248 g/mol. The summed E-state index contributed by atoms with van der Waals surface area (Å²) in [5, 5.41) is 0. The molecule has 1 aromatic carbocycles. The fourth-order valence-corrected chi connectivity index (χ4v) is 1.99. The molecule has 1 aromatic rings. The minimum Gasteiger partial charge on any atom is -0.343 e. The lowest BCUT2D eigenvalue weighted by Crippen LogP contribution is -2.36. The Balaban J connectivity index is 2.48. The van der Waals surface area contributed by atoms with Crippen molar-refractivity contribution in [2.24, 2.45) is 5.73 Å². The first kappa shape index (κ1) is 14.7. The van der Waals surface area contributed by atoms with Crippen LogP contribution in [0, 0.1) is 6.92 Å². The average molecular weight is 248 g/mol. The summed E-state index contributed by atoms with van der Waals surface area (Å²) in [5.41, 5.74) is 8.02. The molecule has 0 spiro atoms. The zero-order valence-electron chi connectivity index (χ0n) is 11.6. The molecule has 1 amide bonds. The molecule has 0 aromatic heterocycles. The largest absolute Gasteiger partial charge is 0.343 e. The van der Waals surface area contributed by atoms with Crippen molar-refractivity contribution in [3.05, 3.63) is 35.4 Å². The van der Waals surface area contributed by atoms with Gasteiger partial charge in [-0.1, -0.05) is 24.3 Å². The van der Waals surface area contributed by atoms with Crippen LogP contribution in [0.5, 0.6) is 0 Å². The second kappa shape index (κ2) is 7.17. The first-order valence-corrected chi connectivity index (χ1v) is 6.56. The maximum Gasteiger partial charge on any atom is 0.222 e. The van der Waals surface area contributed by atoms with Crippen LogP contribution in [0.2, 0.25) is 0 Å². The Kier molecular flexibility index (Phi) is 5.86. The van der Waals surface area contributed by atoms with Crippen molar-refractivity contribution in [1.82, 2.24) is 4.90 Å². The van der Waals surface area contributed by atoms with E-state index in [1.165, 1.54) is 11.1 Å². The van der Waals surface area contributed by atoms with Gasteiger partial charge in [-0.25, -0.2) is 0 Å². The van der Waals surface area contributed by atoms with E-state index in [1.807, 2.05) is 31.0 Å². The molecule has 0 saturated heterocycles. The topological polar surface area (TPSA) is 46.3 Å². The molecule has 0 bridgehead atoms. The molecule has 1 atom stereocenters. The molecule has 0 aliphatic rings. The van der Waals surface area contributed by atoms with E-state index < -0.39 is 0 Å². The predicted molar refractivity (Wildman–Crippen MR) is 75.4 cm³/mol. The van der Waals surface area contributed by atoms with Gasteiger partial charge in [0.2, 0.25) is 5.91 Å². The number of hydrogen-bond acceptors (Lipinski definition) is 2. The van der Waals surface area contributed by atoms with Crippen LogP contribution in [0.4, 0.5) is 0 Å². The summed E-state index contributed by atoms with van der Waals surface area (Å²) >= 11 is 0. The highest BCUT2D eigenvalue weighted by atomic mass is 16.2. The Morgan fingerprint density at radius 2 is 2.06 bits per heavy atom. The molecule has 0 aliphatic carbocycles. The summed E-state index contributed by atoms with van der Waals surface area (Å²) < 4.78 is 0. The van der Waals surface area contributed by atoms with Gasteiger partial charge in [-0.2, -0.15) is 0 Å². The number of carbonyl (C=O) groups is 1. The summed E-state index contributed by atoms with van der Waals surface area (Å²) in [7, 11) is 1.86. The van der Waals surface area contributed by atoms with Crippen molar-refractivity contribution in [3.63, 3.8) is 0 Å². The van der Waals surface area contributed by atoms with Crippen molar-refractivity contribution in [1.29, 1.82) is 0 Å². The van der Waals surface area contributed by atoms with Crippen molar-refractivity contribution in [2.75, 3.05) is 13.6 Å². The Morgan fingerprint density at radius 3 is 2.67 bits per heavy atom. The summed E-state index contributed by atoms with van der Waals surface area (Å²) in [4.78, 5) is 13.8. The third kappa shape index (κ3) is 4.15. The molecule has 2 N–H and O–H groups in total. The number of amides is 1. The van der Waals surface area contributed by atoms with Crippen LogP contribution in [0.1, 0.15) is 30.9 Å². The van der Waals surface area contributed by atoms with Crippen LogP contribution in [0.25, 0.3) is 0 Å². The van der Waals surface area contributed by atoms with Gasteiger partial charge in [0.1, 0.15) is 0 Å². The molecule has 0 heterocycles. The van der Waals surface area contributed by atoms with E-state index in [1.54, 1.807) is 0 Å². The molecule has 0 saturated carbocycles. The van der Waals surface area contributed by atoms with Crippen LogP contribution < -0.4 is 5.73 Å². The average Bonchev–Trinajstić information content (AvgIpc) is 2.36. The van der Waals surface area contributed by atoms with E-state index >= 15 is 0 Å². The molecule has 0 aliphatic heterocycles. The van der Waals surface area contributed by atoms with Crippen molar-refractivity contribution < 1.29 is 4.79 Å². The highest BCUT2D eigenvalue weighted by Gasteiger charge is 2.14. The number of aryl methyl sites for hydroxylation is 2. The first-order chi connectivity index (χ1) is 8.56. The number of nitrogens with zero attached hydrogens (tertiary/aromatic N) is 1. The molecule has 1 unspecified atom stereocenters. The van der Waals surface area contributed by atoms with E-state index in [4.69, 9.17) is 5.73 Å². The van der Waals surface area contributed by atoms with E-state index in [2.05, 4.69) is 19.1 Å². The molecule has 3 heteroatoms. The van der Waals surface area contributed by atoms with Gasteiger partial charge in [-0.15, -0.1) is 0 Å². The quantitative estimate of drug-likeness (QED) is 0.838. The Labute approximate surface area is 110 Å². The van der Waals surface area contributed by atoms with Crippen molar-refractivity contribution in [3.8, 4) is 0 Å². The van der Waals surface area contributed by atoms with Crippen LogP contribution >= 0.6 is 0 Å². The molecule has 100 valence electrons. The Bertz CT molecular complexity index is 390. The third-order valence-corrected chi connectivity index (χ3v) is 3.51. The fourth-order valence-electron chi connectivity index (χ4n) is 1.99. The van der Waals surface area contributed by atoms with Crippen LogP contribution in [-0.2, 0) is 11.2 Å². The van der Waals surface area contributed by atoms with E-state index in [0.717, 1.165) is 12.8 Å². The fraction of sp³-hybridized carbons (Fsp3) is 0.533. The first-order valence-electron chi connectivity index (χ1n) is 6.56. The van der Waals surface area contributed by atoms with Gasteiger partial charge in [0.25, 0.3) is 0 Å². The molecule has 18 heavy (non-hydrogen) atoms. The van der Waals surface area contributed by atoms with Gasteiger partial charge in [0.15, 0.2) is 0 Å². The number of nitrogens with two attached hydrogens (primary N) is 1. The Morgan fingerprint density at radius 1 is 1.39 bits per heavy atom.